The Morgan fingerprint density at radius 2 is 1.91 bits per heavy atom. The lowest BCUT2D eigenvalue weighted by Gasteiger charge is -2.23. The summed E-state index contributed by atoms with van der Waals surface area (Å²) < 4.78 is 44.8. The van der Waals surface area contributed by atoms with E-state index >= 15 is 0 Å². The van der Waals surface area contributed by atoms with Crippen LogP contribution in [-0.2, 0) is 21.2 Å². The van der Waals surface area contributed by atoms with Crippen LogP contribution in [0.15, 0.2) is 59.8 Å². The van der Waals surface area contributed by atoms with E-state index in [9.17, 15) is 17.6 Å². The quantitative estimate of drug-likeness (QED) is 0.448. The number of halogens is 1. The maximum atomic E-state index is 13.9. The van der Waals surface area contributed by atoms with Gasteiger partial charge in [-0.15, -0.1) is 10.2 Å². The lowest BCUT2D eigenvalue weighted by atomic mass is 10.2. The van der Waals surface area contributed by atoms with Crippen molar-refractivity contribution in [3.63, 3.8) is 0 Å². The number of hydrogen-bond acceptors (Lipinski definition) is 7. The van der Waals surface area contributed by atoms with Gasteiger partial charge in [0.05, 0.1) is 17.3 Å². The molecule has 1 atom stereocenters. The highest BCUT2D eigenvalue weighted by molar-refractivity contribution is 7.99. The number of sulfone groups is 1. The van der Waals surface area contributed by atoms with Crippen LogP contribution in [0, 0.1) is 5.82 Å². The molecule has 1 amide bonds. The van der Waals surface area contributed by atoms with Crippen molar-refractivity contribution in [2.75, 3.05) is 24.3 Å². The van der Waals surface area contributed by atoms with Gasteiger partial charge in [0.2, 0.25) is 5.91 Å². The van der Waals surface area contributed by atoms with E-state index in [0.29, 0.717) is 17.4 Å². The number of para-hydroxylation sites is 2. The minimum atomic E-state index is -3.08. The van der Waals surface area contributed by atoms with Crippen LogP contribution in [0.5, 0.6) is 5.75 Å². The van der Waals surface area contributed by atoms with Crippen molar-refractivity contribution in [2.45, 2.75) is 24.2 Å². The van der Waals surface area contributed by atoms with Gasteiger partial charge >= 0.3 is 0 Å². The maximum Gasteiger partial charge on any atom is 0.233 e. The standard InChI is InChI=1S/C22H23FN4O4S2/c1-26(17-11-12-33(29,30)15-17)21(28)14-32-22-25-24-20(27(22)16-7-3-2-4-8-16)13-31-19-10-6-5-9-18(19)23/h2-10,17H,11-15H2,1H3. The zero-order chi connectivity index (χ0) is 23.4. The third kappa shape index (κ3) is 5.53. The first-order valence-electron chi connectivity index (χ1n) is 10.3. The fourth-order valence-corrected chi connectivity index (χ4v) is 6.21. The molecular weight excluding hydrogens is 467 g/mol. The van der Waals surface area contributed by atoms with E-state index < -0.39 is 15.7 Å². The van der Waals surface area contributed by atoms with Crippen LogP contribution < -0.4 is 4.74 Å². The molecule has 1 aromatic heterocycles. The van der Waals surface area contributed by atoms with Gasteiger partial charge in [0.25, 0.3) is 0 Å². The average Bonchev–Trinajstić information content (AvgIpc) is 3.39. The molecule has 1 aliphatic heterocycles. The molecule has 8 nitrogen and oxygen atoms in total. The number of benzene rings is 2. The summed E-state index contributed by atoms with van der Waals surface area (Å²) in [6, 6.07) is 15.2. The molecule has 1 fully saturated rings. The molecule has 0 aliphatic carbocycles. The maximum absolute atomic E-state index is 13.9. The summed E-state index contributed by atoms with van der Waals surface area (Å²) in [5.41, 5.74) is 0.778. The van der Waals surface area contributed by atoms with Crippen LogP contribution in [0.4, 0.5) is 4.39 Å². The highest BCUT2D eigenvalue weighted by Gasteiger charge is 2.32. The number of carbonyl (C=O) groups is 1. The molecule has 11 heteroatoms. The van der Waals surface area contributed by atoms with Crippen molar-refractivity contribution < 1.29 is 22.3 Å². The monoisotopic (exact) mass is 490 g/mol. The number of amides is 1. The van der Waals surface area contributed by atoms with Crippen molar-refractivity contribution in [3.8, 4) is 11.4 Å². The zero-order valence-corrected chi connectivity index (χ0v) is 19.6. The van der Waals surface area contributed by atoms with Crippen molar-refractivity contribution in [3.05, 3.63) is 66.2 Å². The molecule has 4 rings (SSSR count). The summed E-state index contributed by atoms with van der Waals surface area (Å²) in [5.74, 6) is 0.0848. The largest absolute Gasteiger partial charge is 0.483 e. The Balaban J connectivity index is 1.49. The molecule has 0 radical (unpaired) electrons. The average molecular weight is 491 g/mol. The predicted octanol–water partition coefficient (Wildman–Crippen LogP) is 2.72. The van der Waals surface area contributed by atoms with Crippen LogP contribution in [0.25, 0.3) is 5.69 Å². The summed E-state index contributed by atoms with van der Waals surface area (Å²) >= 11 is 1.20. The Bertz CT molecular complexity index is 1230. The zero-order valence-electron chi connectivity index (χ0n) is 17.9. The second-order valence-corrected chi connectivity index (χ2v) is 10.8. The molecule has 1 unspecified atom stereocenters. The van der Waals surface area contributed by atoms with Crippen LogP contribution in [-0.4, -0.2) is 64.3 Å². The Hall–Kier alpha value is -2.92. The van der Waals surface area contributed by atoms with Crippen LogP contribution in [0.2, 0.25) is 0 Å². The van der Waals surface area contributed by atoms with Gasteiger partial charge in [-0.05, 0) is 30.7 Å². The summed E-state index contributed by atoms with van der Waals surface area (Å²) in [7, 11) is -1.45. The molecule has 0 N–H and O–H groups in total. The van der Waals surface area contributed by atoms with Gasteiger partial charge in [-0.25, -0.2) is 12.8 Å². The van der Waals surface area contributed by atoms with Gasteiger partial charge in [0.1, 0.15) is 6.61 Å². The number of rotatable bonds is 8. The van der Waals surface area contributed by atoms with Crippen molar-refractivity contribution in [1.82, 2.24) is 19.7 Å². The number of thioether (sulfide) groups is 1. The van der Waals surface area contributed by atoms with Crippen molar-refractivity contribution >= 4 is 27.5 Å². The Labute approximate surface area is 195 Å². The molecule has 2 heterocycles. The molecule has 33 heavy (non-hydrogen) atoms. The highest BCUT2D eigenvalue weighted by atomic mass is 32.2. The Kier molecular flexibility index (Phi) is 6.99. The van der Waals surface area contributed by atoms with Gasteiger partial charge in [-0.3, -0.25) is 9.36 Å². The van der Waals surface area contributed by atoms with Gasteiger partial charge in [0.15, 0.2) is 32.4 Å². The second-order valence-electron chi connectivity index (χ2n) is 7.64. The predicted molar refractivity (Wildman–Crippen MR) is 123 cm³/mol. The summed E-state index contributed by atoms with van der Waals surface area (Å²) in [4.78, 5) is 14.2. The number of hydrogen-bond donors (Lipinski definition) is 0. The van der Waals surface area contributed by atoms with E-state index in [1.54, 1.807) is 23.7 Å². The van der Waals surface area contributed by atoms with E-state index in [4.69, 9.17) is 4.74 Å². The molecule has 0 bridgehead atoms. The number of nitrogens with zero attached hydrogens (tertiary/aromatic N) is 4. The minimum absolute atomic E-state index is 0.00234. The normalized spacial score (nSPS) is 17.1. The van der Waals surface area contributed by atoms with Crippen LogP contribution in [0.3, 0.4) is 0 Å². The van der Waals surface area contributed by atoms with E-state index in [2.05, 4.69) is 10.2 Å². The lowest BCUT2D eigenvalue weighted by Crippen LogP contribution is -2.38. The third-order valence-corrected chi connectivity index (χ3v) is 8.05. The molecule has 0 spiro atoms. The fraction of sp³-hybridized carbons (Fsp3) is 0.318. The van der Waals surface area contributed by atoms with Crippen molar-refractivity contribution in [1.29, 1.82) is 0 Å². The van der Waals surface area contributed by atoms with Gasteiger partial charge in [0, 0.05) is 18.8 Å². The van der Waals surface area contributed by atoms with Crippen molar-refractivity contribution in [2.24, 2.45) is 0 Å². The summed E-state index contributed by atoms with van der Waals surface area (Å²) in [6.45, 7) is -0.0167. The second kappa shape index (κ2) is 9.92. The van der Waals surface area contributed by atoms with Crippen LogP contribution >= 0.6 is 11.8 Å². The number of ether oxygens (including phenoxy) is 1. The molecule has 1 saturated heterocycles. The van der Waals surface area contributed by atoms with E-state index in [1.807, 2.05) is 30.3 Å². The molecule has 2 aromatic carbocycles. The molecule has 3 aromatic rings. The number of carbonyl (C=O) groups excluding carboxylic acids is 1. The molecular formula is C22H23FN4O4S2. The van der Waals surface area contributed by atoms with Gasteiger partial charge < -0.3 is 9.64 Å². The molecule has 0 saturated carbocycles. The Morgan fingerprint density at radius 1 is 1.18 bits per heavy atom. The minimum Gasteiger partial charge on any atom is -0.483 e. The summed E-state index contributed by atoms with van der Waals surface area (Å²) in [6.07, 6.45) is 0.451. The molecule has 174 valence electrons. The first-order chi connectivity index (χ1) is 15.8. The van der Waals surface area contributed by atoms with Gasteiger partial charge in [-0.2, -0.15) is 0 Å². The topological polar surface area (TPSA) is 94.4 Å². The Morgan fingerprint density at radius 3 is 2.61 bits per heavy atom. The first kappa shape index (κ1) is 23.2. The van der Waals surface area contributed by atoms with E-state index in [-0.39, 0.29) is 41.6 Å². The third-order valence-electron chi connectivity index (χ3n) is 5.38. The van der Waals surface area contributed by atoms with E-state index in [1.165, 1.54) is 28.8 Å². The van der Waals surface area contributed by atoms with Gasteiger partial charge in [-0.1, -0.05) is 42.1 Å². The SMILES string of the molecule is CN(C(=O)CSc1nnc(COc2ccccc2F)n1-c1ccccc1)C1CCS(=O)(=O)C1. The molecule has 1 aliphatic rings. The number of aromatic nitrogens is 3. The highest BCUT2D eigenvalue weighted by Crippen LogP contribution is 2.25. The van der Waals surface area contributed by atoms with Crippen LogP contribution in [0.1, 0.15) is 12.2 Å². The van der Waals surface area contributed by atoms with E-state index in [0.717, 1.165) is 5.69 Å². The fourth-order valence-electron chi connectivity index (χ4n) is 3.54. The smallest absolute Gasteiger partial charge is 0.233 e. The summed E-state index contributed by atoms with van der Waals surface area (Å²) in [5, 5.41) is 8.89. The lowest BCUT2D eigenvalue weighted by molar-refractivity contribution is -0.128. The first-order valence-corrected chi connectivity index (χ1v) is 13.1.